The molecule has 3 nitrogen and oxygen atoms in total. The van der Waals surface area contributed by atoms with E-state index >= 15 is 0 Å². The molecule has 72 valence electrons. The van der Waals surface area contributed by atoms with Gasteiger partial charge in [0.1, 0.15) is 11.8 Å². The molecule has 0 aromatic heterocycles. The number of benzene rings is 1. The first-order chi connectivity index (χ1) is 6.61. The van der Waals surface area contributed by atoms with Crippen LogP contribution in [0, 0.1) is 14.9 Å². The third-order valence-electron chi connectivity index (χ3n) is 1.64. The van der Waals surface area contributed by atoms with E-state index in [-0.39, 0.29) is 22.4 Å². The van der Waals surface area contributed by atoms with Gasteiger partial charge in [0.2, 0.25) is 0 Å². The topological polar surface area (TPSA) is 61.1 Å². The van der Waals surface area contributed by atoms with E-state index in [1.165, 1.54) is 12.1 Å². The van der Waals surface area contributed by atoms with Crippen LogP contribution in [0.15, 0.2) is 12.1 Å². The van der Waals surface area contributed by atoms with Gasteiger partial charge in [0, 0.05) is 3.57 Å². The quantitative estimate of drug-likeness (QED) is 0.497. The van der Waals surface area contributed by atoms with Crippen molar-refractivity contribution in [1.29, 1.82) is 5.26 Å². The number of hydrogen-bond acceptors (Lipinski definition) is 3. The highest BCUT2D eigenvalue weighted by atomic mass is 127. The van der Waals surface area contributed by atoms with Crippen molar-refractivity contribution in [1.82, 2.24) is 0 Å². The summed E-state index contributed by atoms with van der Waals surface area (Å²) in [5.74, 6) is -0.318. The molecular formula is C9H5BrINO2. The number of ketones is 1. The molecule has 14 heavy (non-hydrogen) atoms. The summed E-state index contributed by atoms with van der Waals surface area (Å²) in [6.07, 6.45) is 0. The van der Waals surface area contributed by atoms with Crippen molar-refractivity contribution < 1.29 is 9.90 Å². The lowest BCUT2D eigenvalue weighted by atomic mass is 10.1. The molecule has 0 saturated heterocycles. The van der Waals surface area contributed by atoms with Crippen molar-refractivity contribution in [3.63, 3.8) is 0 Å². The number of rotatable bonds is 2. The number of hydrogen-bond donors (Lipinski definition) is 1. The lowest BCUT2D eigenvalue weighted by molar-refractivity contribution is 0.102. The van der Waals surface area contributed by atoms with Crippen LogP contribution in [0.3, 0.4) is 0 Å². The number of Topliss-reactive ketones (excluding diaryl/α,β-unsaturated/α-hetero) is 1. The summed E-state index contributed by atoms with van der Waals surface area (Å²) >= 11 is 4.90. The van der Waals surface area contributed by atoms with Gasteiger partial charge in [-0.2, -0.15) is 5.26 Å². The molecule has 0 atom stereocenters. The fraction of sp³-hybridized carbons (Fsp3) is 0.111. The second-order valence-electron chi connectivity index (χ2n) is 2.49. The normalized spacial score (nSPS) is 9.50. The minimum atomic E-state index is -0.232. The van der Waals surface area contributed by atoms with Crippen molar-refractivity contribution >= 4 is 44.3 Å². The predicted molar refractivity (Wildman–Crippen MR) is 63.7 cm³/mol. The summed E-state index contributed by atoms with van der Waals surface area (Å²) in [6.45, 7) is 0. The summed E-state index contributed by atoms with van der Waals surface area (Å²) in [6, 6.07) is 4.80. The maximum Gasteiger partial charge on any atom is 0.178 e. The zero-order chi connectivity index (χ0) is 10.7. The smallest absolute Gasteiger partial charge is 0.178 e. The molecule has 1 N–H and O–H groups in total. The molecule has 0 fully saturated rings. The summed E-state index contributed by atoms with van der Waals surface area (Å²) in [7, 11) is 0. The van der Waals surface area contributed by atoms with Gasteiger partial charge in [0.25, 0.3) is 0 Å². The van der Waals surface area contributed by atoms with Crippen LogP contribution < -0.4 is 0 Å². The highest BCUT2D eigenvalue weighted by Gasteiger charge is 2.16. The molecule has 0 aliphatic rings. The van der Waals surface area contributed by atoms with E-state index in [1.54, 1.807) is 0 Å². The van der Waals surface area contributed by atoms with Crippen LogP contribution >= 0.6 is 38.5 Å². The monoisotopic (exact) mass is 365 g/mol. The Morgan fingerprint density at radius 2 is 2.29 bits per heavy atom. The van der Waals surface area contributed by atoms with E-state index in [4.69, 9.17) is 5.26 Å². The van der Waals surface area contributed by atoms with Gasteiger partial charge in [0.05, 0.1) is 16.5 Å². The Morgan fingerprint density at radius 1 is 1.64 bits per heavy atom. The van der Waals surface area contributed by atoms with Crippen LogP contribution in [-0.4, -0.2) is 16.2 Å². The third kappa shape index (κ3) is 2.07. The van der Waals surface area contributed by atoms with E-state index in [0.717, 1.165) is 0 Å². The predicted octanol–water partition coefficient (Wildman–Crippen LogP) is 2.45. The Kier molecular flexibility index (Phi) is 3.89. The molecule has 0 aliphatic carbocycles. The number of alkyl halides is 1. The lowest BCUT2D eigenvalue weighted by Gasteiger charge is -2.05. The number of nitrogens with zero attached hydrogens (tertiary/aromatic N) is 1. The van der Waals surface area contributed by atoms with Gasteiger partial charge in [-0.1, -0.05) is 15.9 Å². The number of phenolic OH excluding ortho intramolecular Hbond substituents is 1. The summed E-state index contributed by atoms with van der Waals surface area (Å²) < 4.78 is 0.495. The molecule has 0 amide bonds. The van der Waals surface area contributed by atoms with Gasteiger partial charge < -0.3 is 5.11 Å². The van der Waals surface area contributed by atoms with Crippen LogP contribution in [-0.2, 0) is 0 Å². The van der Waals surface area contributed by atoms with Gasteiger partial charge in [-0.15, -0.1) is 0 Å². The fourth-order valence-electron chi connectivity index (χ4n) is 0.984. The molecule has 1 rings (SSSR count). The van der Waals surface area contributed by atoms with E-state index in [9.17, 15) is 9.90 Å². The number of nitriles is 1. The van der Waals surface area contributed by atoms with Gasteiger partial charge in [-0.25, -0.2) is 0 Å². The molecule has 5 heteroatoms. The average molecular weight is 366 g/mol. The molecule has 0 saturated carbocycles. The minimum absolute atomic E-state index is 0.0853. The molecule has 0 spiro atoms. The average Bonchev–Trinajstić information content (AvgIpc) is 2.18. The zero-order valence-corrected chi connectivity index (χ0v) is 10.7. The summed E-state index contributed by atoms with van der Waals surface area (Å²) in [5.41, 5.74) is 0.606. The van der Waals surface area contributed by atoms with E-state index in [1.807, 2.05) is 28.7 Å². The first kappa shape index (κ1) is 11.5. The van der Waals surface area contributed by atoms with Crippen LogP contribution in [0.5, 0.6) is 5.75 Å². The standard InChI is InChI=1S/C9H5BrINO2/c10-3-7(14)8-6(13)2-1-5(4-12)9(8)11/h1-2,13H,3H2. The lowest BCUT2D eigenvalue weighted by Crippen LogP contribution is -2.04. The Hall–Kier alpha value is -0.610. The maximum absolute atomic E-state index is 11.4. The minimum Gasteiger partial charge on any atom is -0.507 e. The van der Waals surface area contributed by atoms with Crippen LogP contribution in [0.2, 0.25) is 0 Å². The highest BCUT2D eigenvalue weighted by molar-refractivity contribution is 14.1. The van der Waals surface area contributed by atoms with E-state index < -0.39 is 0 Å². The van der Waals surface area contributed by atoms with Crippen LogP contribution in [0.4, 0.5) is 0 Å². The maximum atomic E-state index is 11.4. The SMILES string of the molecule is N#Cc1ccc(O)c(C(=O)CBr)c1I. The van der Waals surface area contributed by atoms with Crippen molar-refractivity contribution in [2.75, 3.05) is 5.33 Å². The van der Waals surface area contributed by atoms with Gasteiger partial charge in [-0.3, -0.25) is 4.79 Å². The Balaban J connectivity index is 3.42. The Labute approximate surface area is 103 Å². The molecule has 1 aromatic carbocycles. The second kappa shape index (κ2) is 4.75. The van der Waals surface area contributed by atoms with Gasteiger partial charge in [0.15, 0.2) is 5.78 Å². The van der Waals surface area contributed by atoms with Crippen LogP contribution in [0.1, 0.15) is 15.9 Å². The summed E-state index contributed by atoms with van der Waals surface area (Å²) in [5, 5.41) is 18.3. The molecule has 0 aliphatic heterocycles. The molecule has 1 aromatic rings. The summed E-state index contributed by atoms with van der Waals surface area (Å²) in [4.78, 5) is 11.4. The first-order valence-corrected chi connectivity index (χ1v) is 5.82. The van der Waals surface area contributed by atoms with Gasteiger partial charge in [-0.05, 0) is 34.7 Å². The zero-order valence-electron chi connectivity index (χ0n) is 6.92. The van der Waals surface area contributed by atoms with Gasteiger partial charge >= 0.3 is 0 Å². The molecule has 0 bridgehead atoms. The van der Waals surface area contributed by atoms with Crippen molar-refractivity contribution in [3.05, 3.63) is 26.8 Å². The number of phenols is 1. The molecule has 0 unspecified atom stereocenters. The molecular weight excluding hydrogens is 361 g/mol. The molecule has 0 heterocycles. The largest absolute Gasteiger partial charge is 0.507 e. The number of carbonyl (C=O) groups is 1. The van der Waals surface area contributed by atoms with Crippen molar-refractivity contribution in [2.45, 2.75) is 0 Å². The number of carbonyl (C=O) groups excluding carboxylic acids is 1. The Morgan fingerprint density at radius 3 is 2.79 bits per heavy atom. The number of halogens is 2. The first-order valence-electron chi connectivity index (χ1n) is 3.62. The fourth-order valence-corrected chi connectivity index (χ4v) is 2.14. The highest BCUT2D eigenvalue weighted by Crippen LogP contribution is 2.26. The second-order valence-corrected chi connectivity index (χ2v) is 4.13. The Bertz CT molecular complexity index is 426. The van der Waals surface area contributed by atoms with Crippen molar-refractivity contribution in [3.8, 4) is 11.8 Å². The third-order valence-corrected chi connectivity index (χ3v) is 3.27. The molecule has 0 radical (unpaired) electrons. The van der Waals surface area contributed by atoms with E-state index in [2.05, 4.69) is 15.9 Å². The van der Waals surface area contributed by atoms with E-state index in [0.29, 0.717) is 9.13 Å². The van der Waals surface area contributed by atoms with Crippen LogP contribution in [0.25, 0.3) is 0 Å². The number of aromatic hydroxyl groups is 1. The van der Waals surface area contributed by atoms with Crippen molar-refractivity contribution in [2.24, 2.45) is 0 Å².